The molecule has 100 valence electrons. The molecule has 1 saturated carbocycles. The third-order valence-corrected chi connectivity index (χ3v) is 5.42. The van der Waals surface area contributed by atoms with Crippen LogP contribution in [0.4, 0.5) is 0 Å². The first-order valence-electron chi connectivity index (χ1n) is 7.40. The Morgan fingerprint density at radius 2 is 2.22 bits per heavy atom. The molecule has 0 saturated heterocycles. The van der Waals surface area contributed by atoms with Crippen LogP contribution < -0.4 is 5.32 Å². The smallest absolute Gasteiger partial charge is 0.0245 e. The molecule has 1 aromatic heterocycles. The zero-order chi connectivity index (χ0) is 12.2. The second-order valence-corrected chi connectivity index (χ2v) is 6.75. The minimum absolute atomic E-state index is 0.967. The van der Waals surface area contributed by atoms with E-state index in [1.54, 1.807) is 10.4 Å². The van der Waals surface area contributed by atoms with Crippen molar-refractivity contribution >= 4 is 11.3 Å². The number of thiophene rings is 1. The normalized spacial score (nSPS) is 21.3. The molecule has 0 atom stereocenters. The van der Waals surface area contributed by atoms with E-state index in [0.717, 1.165) is 12.5 Å². The molecule has 0 amide bonds. The third-order valence-electron chi connectivity index (χ3n) is 4.40. The highest BCUT2D eigenvalue weighted by molar-refractivity contribution is 7.10. The summed E-state index contributed by atoms with van der Waals surface area (Å²) in [6.07, 6.45) is 7.08. The van der Waals surface area contributed by atoms with Crippen molar-refractivity contribution in [3.63, 3.8) is 0 Å². The summed E-state index contributed by atoms with van der Waals surface area (Å²) in [6.45, 7) is 6.04. The lowest BCUT2D eigenvalue weighted by Gasteiger charge is -2.27. The van der Waals surface area contributed by atoms with Gasteiger partial charge in [-0.15, -0.1) is 11.3 Å². The van der Waals surface area contributed by atoms with Crippen molar-refractivity contribution in [1.82, 2.24) is 10.2 Å². The minimum atomic E-state index is 0.967. The fourth-order valence-electron chi connectivity index (χ4n) is 3.26. The summed E-state index contributed by atoms with van der Waals surface area (Å²) in [5, 5.41) is 5.90. The Bertz CT molecular complexity index is 368. The Morgan fingerprint density at radius 3 is 3.11 bits per heavy atom. The molecule has 1 N–H and O–H groups in total. The van der Waals surface area contributed by atoms with Crippen LogP contribution in [0.15, 0.2) is 11.4 Å². The Hall–Kier alpha value is -0.380. The van der Waals surface area contributed by atoms with Crippen LogP contribution in [0.5, 0.6) is 0 Å². The number of nitrogens with one attached hydrogen (secondary N) is 1. The fraction of sp³-hybridized carbons (Fsp3) is 0.733. The first-order valence-corrected chi connectivity index (χ1v) is 8.28. The van der Waals surface area contributed by atoms with Crippen LogP contribution in [0.25, 0.3) is 0 Å². The van der Waals surface area contributed by atoms with Gasteiger partial charge in [-0.25, -0.2) is 0 Å². The largest absolute Gasteiger partial charge is 0.315 e. The molecule has 1 fully saturated rings. The molecule has 0 radical (unpaired) electrons. The van der Waals surface area contributed by atoms with E-state index in [-0.39, 0.29) is 0 Å². The third kappa shape index (κ3) is 3.14. The van der Waals surface area contributed by atoms with Crippen LogP contribution in [0.1, 0.15) is 36.1 Å². The molecule has 1 aliphatic carbocycles. The molecule has 18 heavy (non-hydrogen) atoms. The summed E-state index contributed by atoms with van der Waals surface area (Å²) in [7, 11) is 0. The molecule has 2 aliphatic rings. The molecule has 2 nitrogen and oxygen atoms in total. The molecule has 2 heterocycles. The van der Waals surface area contributed by atoms with Gasteiger partial charge in [0.25, 0.3) is 0 Å². The van der Waals surface area contributed by atoms with Crippen molar-refractivity contribution in [3.8, 4) is 0 Å². The molecular weight excluding hydrogens is 240 g/mol. The Kier molecular flexibility index (Phi) is 4.34. The number of rotatable bonds is 5. The van der Waals surface area contributed by atoms with E-state index in [4.69, 9.17) is 0 Å². The zero-order valence-electron chi connectivity index (χ0n) is 11.2. The molecule has 0 bridgehead atoms. The van der Waals surface area contributed by atoms with Crippen molar-refractivity contribution in [3.05, 3.63) is 21.9 Å². The van der Waals surface area contributed by atoms with Gasteiger partial charge in [-0.05, 0) is 48.7 Å². The summed E-state index contributed by atoms with van der Waals surface area (Å²) in [5.41, 5.74) is 1.57. The molecule has 1 aliphatic heterocycles. The Balaban J connectivity index is 1.34. The van der Waals surface area contributed by atoms with E-state index in [1.165, 1.54) is 58.3 Å². The molecule has 0 unspecified atom stereocenters. The second kappa shape index (κ2) is 6.18. The van der Waals surface area contributed by atoms with Crippen LogP contribution >= 0.6 is 11.3 Å². The van der Waals surface area contributed by atoms with Gasteiger partial charge < -0.3 is 5.32 Å². The summed E-state index contributed by atoms with van der Waals surface area (Å²) >= 11 is 1.93. The summed E-state index contributed by atoms with van der Waals surface area (Å²) in [4.78, 5) is 4.21. The van der Waals surface area contributed by atoms with Gasteiger partial charge in [0.1, 0.15) is 0 Å². The zero-order valence-corrected chi connectivity index (χ0v) is 12.0. The molecular formula is C15H24N2S. The number of nitrogens with zero attached hydrogens (tertiary/aromatic N) is 1. The molecule has 3 heteroatoms. The van der Waals surface area contributed by atoms with Gasteiger partial charge in [-0.1, -0.05) is 12.8 Å². The maximum absolute atomic E-state index is 3.65. The lowest BCUT2D eigenvalue weighted by molar-refractivity contribution is 0.254. The van der Waals surface area contributed by atoms with Crippen molar-refractivity contribution in [2.24, 2.45) is 5.92 Å². The van der Waals surface area contributed by atoms with Crippen molar-refractivity contribution in [2.45, 2.75) is 38.6 Å². The summed E-state index contributed by atoms with van der Waals surface area (Å²) < 4.78 is 0. The van der Waals surface area contributed by atoms with Crippen LogP contribution in [-0.2, 0) is 13.0 Å². The van der Waals surface area contributed by atoms with Gasteiger partial charge in [0.15, 0.2) is 0 Å². The van der Waals surface area contributed by atoms with E-state index in [2.05, 4.69) is 21.7 Å². The predicted molar refractivity (Wildman–Crippen MR) is 78.1 cm³/mol. The van der Waals surface area contributed by atoms with Crippen molar-refractivity contribution in [1.29, 1.82) is 0 Å². The number of hydrogen-bond donors (Lipinski definition) is 1. The van der Waals surface area contributed by atoms with Gasteiger partial charge in [0, 0.05) is 31.1 Å². The topological polar surface area (TPSA) is 15.3 Å². The van der Waals surface area contributed by atoms with Gasteiger partial charge in [0.2, 0.25) is 0 Å². The lowest BCUT2D eigenvalue weighted by Crippen LogP contribution is -2.36. The maximum atomic E-state index is 3.65. The second-order valence-electron chi connectivity index (χ2n) is 5.75. The van der Waals surface area contributed by atoms with Crippen LogP contribution in [0, 0.1) is 5.92 Å². The highest BCUT2D eigenvalue weighted by Crippen LogP contribution is 2.24. The highest BCUT2D eigenvalue weighted by Gasteiger charge is 2.17. The molecule has 3 rings (SSSR count). The predicted octanol–water partition coefficient (Wildman–Crippen LogP) is 2.89. The standard InChI is InChI=1S/C15H24N2S/c1-2-4-13(3-1)11-16-7-9-17-8-5-15-14(12-17)6-10-18-15/h6,10,13,16H,1-5,7-9,11-12H2. The number of hydrogen-bond acceptors (Lipinski definition) is 3. The fourth-order valence-corrected chi connectivity index (χ4v) is 4.15. The average molecular weight is 264 g/mol. The Morgan fingerprint density at radius 1 is 1.33 bits per heavy atom. The van der Waals surface area contributed by atoms with Crippen molar-refractivity contribution in [2.75, 3.05) is 26.2 Å². The van der Waals surface area contributed by atoms with Gasteiger partial charge >= 0.3 is 0 Å². The quantitative estimate of drug-likeness (QED) is 0.823. The van der Waals surface area contributed by atoms with Gasteiger partial charge in [-0.3, -0.25) is 4.90 Å². The molecule has 1 aromatic rings. The lowest BCUT2D eigenvalue weighted by atomic mass is 10.1. The van der Waals surface area contributed by atoms with E-state index < -0.39 is 0 Å². The van der Waals surface area contributed by atoms with Crippen LogP contribution in [0.2, 0.25) is 0 Å². The SMILES string of the molecule is c1cc2c(s1)CCN(CCNCC1CCCC1)C2. The van der Waals surface area contributed by atoms with E-state index in [0.29, 0.717) is 0 Å². The molecule has 0 aromatic carbocycles. The average Bonchev–Trinajstić information content (AvgIpc) is 3.05. The van der Waals surface area contributed by atoms with Crippen LogP contribution in [-0.4, -0.2) is 31.1 Å². The first-order chi connectivity index (χ1) is 8.92. The summed E-state index contributed by atoms with van der Waals surface area (Å²) in [6, 6.07) is 2.30. The van der Waals surface area contributed by atoms with Gasteiger partial charge in [-0.2, -0.15) is 0 Å². The van der Waals surface area contributed by atoms with Crippen molar-refractivity contribution < 1.29 is 0 Å². The van der Waals surface area contributed by atoms with Crippen LogP contribution in [0.3, 0.4) is 0 Å². The first kappa shape index (κ1) is 12.6. The summed E-state index contributed by atoms with van der Waals surface area (Å²) in [5.74, 6) is 0.967. The van der Waals surface area contributed by atoms with Gasteiger partial charge in [0.05, 0.1) is 0 Å². The Labute approximate surface area is 114 Å². The maximum Gasteiger partial charge on any atom is 0.0245 e. The van der Waals surface area contributed by atoms with E-state index >= 15 is 0 Å². The minimum Gasteiger partial charge on any atom is -0.315 e. The van der Waals surface area contributed by atoms with E-state index in [9.17, 15) is 0 Å². The highest BCUT2D eigenvalue weighted by atomic mass is 32.1. The molecule has 0 spiro atoms. The number of fused-ring (bicyclic) bond motifs is 1. The monoisotopic (exact) mass is 264 g/mol. The van der Waals surface area contributed by atoms with E-state index in [1.807, 2.05) is 11.3 Å².